The van der Waals surface area contributed by atoms with Gasteiger partial charge < -0.3 is 5.73 Å². The first-order valence-electron chi connectivity index (χ1n) is 3.03. The summed E-state index contributed by atoms with van der Waals surface area (Å²) in [7, 11) is -0.992. The number of halogens is 1. The van der Waals surface area contributed by atoms with Crippen molar-refractivity contribution in [3.63, 3.8) is 0 Å². The molecule has 0 bridgehead atoms. The third kappa shape index (κ3) is 1.71. The maximum absolute atomic E-state index is 5.78. The maximum Gasteiger partial charge on any atom is 0.154 e. The number of amidine groups is 1. The van der Waals surface area contributed by atoms with Gasteiger partial charge in [0.05, 0.1) is 26.4 Å². The highest BCUT2D eigenvalue weighted by Crippen LogP contribution is 2.55. The van der Waals surface area contributed by atoms with Crippen molar-refractivity contribution in [1.29, 1.82) is 0 Å². The van der Waals surface area contributed by atoms with Crippen LogP contribution in [0.4, 0.5) is 0 Å². The third-order valence-electron chi connectivity index (χ3n) is 1.31. The first-order valence-corrected chi connectivity index (χ1v) is 6.34. The molecular weight excluding hydrogens is 167 g/mol. The zero-order valence-corrected chi connectivity index (χ0v) is 7.78. The number of hydrogen-bond donors (Lipinski definition) is 1. The largest absolute Gasteiger partial charge is 0.383 e. The second-order valence-electron chi connectivity index (χ2n) is 2.94. The molecule has 0 aliphatic carbocycles. The Morgan fingerprint density at radius 1 is 1.70 bits per heavy atom. The smallest absolute Gasteiger partial charge is 0.154 e. The SMILES string of the molecule is C[P+]1(C)C=C(Cl)C(N)=NC1. The van der Waals surface area contributed by atoms with Gasteiger partial charge in [0.1, 0.15) is 10.9 Å². The normalized spacial score (nSPS) is 23.5. The summed E-state index contributed by atoms with van der Waals surface area (Å²) in [6.07, 6.45) is 0.842. The molecule has 1 rings (SSSR count). The maximum atomic E-state index is 5.78. The van der Waals surface area contributed by atoms with Crippen molar-refractivity contribution in [2.75, 3.05) is 19.6 Å². The fourth-order valence-electron chi connectivity index (χ4n) is 0.748. The molecule has 1 heterocycles. The number of nitrogens with two attached hydrogens (primary N) is 1. The molecule has 56 valence electrons. The van der Waals surface area contributed by atoms with Crippen LogP contribution in [-0.4, -0.2) is 25.5 Å². The lowest BCUT2D eigenvalue weighted by atomic mass is 10.6. The molecule has 4 heteroatoms. The average molecular weight is 178 g/mol. The van der Waals surface area contributed by atoms with Gasteiger partial charge in [-0.15, -0.1) is 0 Å². The molecule has 0 amide bonds. The molecule has 0 fully saturated rings. The van der Waals surface area contributed by atoms with E-state index in [9.17, 15) is 0 Å². The second-order valence-corrected chi connectivity index (χ2v) is 7.45. The molecule has 0 unspecified atom stereocenters. The fraction of sp³-hybridized carbons (Fsp3) is 0.500. The van der Waals surface area contributed by atoms with Crippen molar-refractivity contribution < 1.29 is 0 Å². The van der Waals surface area contributed by atoms with Gasteiger partial charge in [-0.2, -0.15) is 0 Å². The fourth-order valence-corrected chi connectivity index (χ4v) is 2.94. The van der Waals surface area contributed by atoms with Crippen LogP contribution in [0.25, 0.3) is 0 Å². The van der Waals surface area contributed by atoms with Crippen LogP contribution in [-0.2, 0) is 0 Å². The summed E-state index contributed by atoms with van der Waals surface area (Å²) in [6, 6.07) is 0. The van der Waals surface area contributed by atoms with Crippen LogP contribution in [0.5, 0.6) is 0 Å². The number of aliphatic imine (C=N–C) groups is 1. The molecule has 1 aliphatic rings. The van der Waals surface area contributed by atoms with Crippen LogP contribution in [0, 0.1) is 0 Å². The van der Waals surface area contributed by atoms with Crippen LogP contribution < -0.4 is 5.73 Å². The van der Waals surface area contributed by atoms with E-state index in [1.54, 1.807) is 0 Å². The van der Waals surface area contributed by atoms with Crippen molar-refractivity contribution in [2.24, 2.45) is 10.7 Å². The van der Waals surface area contributed by atoms with Gasteiger partial charge in [-0.25, -0.2) is 4.99 Å². The Balaban J connectivity index is 2.87. The Morgan fingerprint density at radius 3 is 2.70 bits per heavy atom. The van der Waals surface area contributed by atoms with E-state index >= 15 is 0 Å². The first kappa shape index (κ1) is 8.03. The first-order chi connectivity index (χ1) is 4.51. The highest BCUT2D eigenvalue weighted by Gasteiger charge is 2.27. The van der Waals surface area contributed by atoms with Gasteiger partial charge >= 0.3 is 0 Å². The zero-order valence-electron chi connectivity index (χ0n) is 6.13. The number of nitrogens with zero attached hydrogens (tertiary/aromatic N) is 1. The van der Waals surface area contributed by atoms with E-state index in [2.05, 4.69) is 24.1 Å². The monoisotopic (exact) mass is 177 g/mol. The minimum atomic E-state index is -0.992. The molecule has 10 heavy (non-hydrogen) atoms. The summed E-state index contributed by atoms with van der Waals surface area (Å²) in [4.78, 5) is 4.11. The predicted octanol–water partition coefficient (Wildman–Crippen LogP) is 1.67. The summed E-state index contributed by atoms with van der Waals surface area (Å²) in [5.41, 5.74) is 5.47. The molecular formula is C6H11ClN2P+. The van der Waals surface area contributed by atoms with E-state index in [4.69, 9.17) is 17.3 Å². The van der Waals surface area contributed by atoms with Gasteiger partial charge in [-0.1, -0.05) is 11.6 Å². The molecule has 0 aromatic heterocycles. The lowest BCUT2D eigenvalue weighted by Gasteiger charge is -2.15. The van der Waals surface area contributed by atoms with Gasteiger partial charge in [-0.05, 0) is 0 Å². The van der Waals surface area contributed by atoms with Gasteiger partial charge in [0.2, 0.25) is 0 Å². The summed E-state index contributed by atoms with van der Waals surface area (Å²) in [6.45, 7) is 4.37. The van der Waals surface area contributed by atoms with Crippen LogP contribution in [0.2, 0.25) is 0 Å². The van der Waals surface area contributed by atoms with E-state index in [0.29, 0.717) is 10.9 Å². The minimum Gasteiger partial charge on any atom is -0.383 e. The Morgan fingerprint density at radius 2 is 2.30 bits per heavy atom. The second kappa shape index (κ2) is 2.52. The van der Waals surface area contributed by atoms with E-state index in [-0.39, 0.29) is 0 Å². The van der Waals surface area contributed by atoms with Crippen molar-refractivity contribution >= 4 is 24.7 Å². The van der Waals surface area contributed by atoms with Crippen molar-refractivity contribution in [1.82, 2.24) is 0 Å². The molecule has 2 N–H and O–H groups in total. The third-order valence-corrected chi connectivity index (χ3v) is 3.60. The molecule has 1 aliphatic heterocycles. The Kier molecular flexibility index (Phi) is 2.02. The lowest BCUT2D eigenvalue weighted by molar-refractivity contribution is 1.31. The van der Waals surface area contributed by atoms with Crippen LogP contribution in [0.1, 0.15) is 0 Å². The average Bonchev–Trinajstić information content (AvgIpc) is 1.79. The summed E-state index contributed by atoms with van der Waals surface area (Å²) < 4.78 is 0. The molecule has 0 spiro atoms. The van der Waals surface area contributed by atoms with E-state index in [1.165, 1.54) is 0 Å². The molecule has 0 radical (unpaired) electrons. The van der Waals surface area contributed by atoms with E-state index < -0.39 is 7.26 Å². The van der Waals surface area contributed by atoms with Gasteiger partial charge in [-0.3, -0.25) is 0 Å². The Hall–Kier alpha value is -0.0700. The minimum absolute atomic E-state index is 0.487. The molecule has 0 saturated heterocycles. The molecule has 0 saturated carbocycles. The molecule has 2 nitrogen and oxygen atoms in total. The van der Waals surface area contributed by atoms with Crippen LogP contribution in [0.15, 0.2) is 15.8 Å². The molecule has 0 aromatic rings. The lowest BCUT2D eigenvalue weighted by Crippen LogP contribution is -2.16. The van der Waals surface area contributed by atoms with Gasteiger partial charge in [0.25, 0.3) is 0 Å². The summed E-state index contributed by atoms with van der Waals surface area (Å²) >= 11 is 5.78. The number of hydrogen-bond acceptors (Lipinski definition) is 2. The Labute approximate surface area is 66.5 Å². The van der Waals surface area contributed by atoms with Crippen LogP contribution >= 0.6 is 18.9 Å². The predicted molar refractivity (Wildman–Crippen MR) is 49.2 cm³/mol. The Bertz CT molecular complexity index is 208. The van der Waals surface area contributed by atoms with Crippen molar-refractivity contribution in [3.05, 3.63) is 10.8 Å². The summed E-state index contributed by atoms with van der Waals surface area (Å²) in [5.74, 6) is 2.54. The topological polar surface area (TPSA) is 38.4 Å². The van der Waals surface area contributed by atoms with Crippen molar-refractivity contribution in [2.45, 2.75) is 0 Å². The zero-order chi connectivity index (χ0) is 7.78. The molecule has 0 atom stereocenters. The quantitative estimate of drug-likeness (QED) is 0.562. The molecule has 0 aromatic carbocycles. The van der Waals surface area contributed by atoms with Gasteiger partial charge in [0, 0.05) is 0 Å². The highest BCUT2D eigenvalue weighted by molar-refractivity contribution is 7.77. The van der Waals surface area contributed by atoms with Gasteiger partial charge in [0.15, 0.2) is 6.29 Å². The standard InChI is InChI=1S/C6H11ClN2P/c1-10(2)3-5(7)6(8)9-4-10/h3H,4H2,1-2H3,(H2,8,9)/q+1. The summed E-state index contributed by atoms with van der Waals surface area (Å²) in [5, 5.41) is 0.629. The van der Waals surface area contributed by atoms with E-state index in [1.807, 2.05) is 0 Å². The van der Waals surface area contributed by atoms with Crippen molar-refractivity contribution in [3.8, 4) is 0 Å². The van der Waals surface area contributed by atoms with E-state index in [0.717, 1.165) is 6.29 Å². The number of rotatable bonds is 0. The highest BCUT2D eigenvalue weighted by atomic mass is 35.5. The van der Waals surface area contributed by atoms with Crippen LogP contribution in [0.3, 0.4) is 0 Å².